The minimum Gasteiger partial charge on any atom is -0.396 e. The van der Waals surface area contributed by atoms with Gasteiger partial charge in [0.05, 0.1) is 0 Å². The molecule has 0 aliphatic carbocycles. The molecule has 1 N–H and O–H groups in total. The third-order valence-electron chi connectivity index (χ3n) is 2.37. The van der Waals surface area contributed by atoms with Gasteiger partial charge in [0.2, 0.25) is 5.91 Å². The maximum absolute atomic E-state index is 11.5. The second-order valence-electron chi connectivity index (χ2n) is 3.53. The number of carbonyl (C=O) groups is 1. The average molecular weight is 183 g/mol. The summed E-state index contributed by atoms with van der Waals surface area (Å²) in [5.41, 5.74) is 0. The topological polar surface area (TPSA) is 40.5 Å². The Balaban J connectivity index is 2.59. The van der Waals surface area contributed by atoms with Crippen LogP contribution in [-0.4, -0.2) is 36.1 Å². The lowest BCUT2D eigenvalue weighted by Crippen LogP contribution is -2.29. The Morgan fingerprint density at radius 1 is 1.69 bits per heavy atom. The van der Waals surface area contributed by atoms with Gasteiger partial charge in [0.15, 0.2) is 0 Å². The summed E-state index contributed by atoms with van der Waals surface area (Å²) < 4.78 is 0. The molecule has 0 aromatic rings. The number of amides is 1. The van der Waals surface area contributed by atoms with Crippen LogP contribution < -0.4 is 0 Å². The van der Waals surface area contributed by atoms with E-state index >= 15 is 0 Å². The summed E-state index contributed by atoms with van der Waals surface area (Å²) in [5, 5.41) is 8.98. The number of aliphatic hydroxyl groups is 1. The van der Waals surface area contributed by atoms with Crippen LogP contribution in [0, 0.1) is 5.92 Å². The second-order valence-corrected chi connectivity index (χ2v) is 3.53. The fourth-order valence-corrected chi connectivity index (χ4v) is 1.43. The van der Waals surface area contributed by atoms with Gasteiger partial charge in [0, 0.05) is 32.5 Å². The molecule has 0 spiro atoms. The van der Waals surface area contributed by atoms with Crippen LogP contribution in [0.2, 0.25) is 0 Å². The van der Waals surface area contributed by atoms with Crippen molar-refractivity contribution in [1.82, 2.24) is 4.90 Å². The first kappa shape index (κ1) is 10.3. The number of nitrogens with zero attached hydrogens (tertiary/aromatic N) is 1. The van der Waals surface area contributed by atoms with E-state index in [1.54, 1.807) is 4.90 Å². The van der Waals surface area contributed by atoms with Gasteiger partial charge in [-0.1, -0.05) is 12.2 Å². The van der Waals surface area contributed by atoms with Crippen LogP contribution in [0.5, 0.6) is 0 Å². The standard InChI is InChI=1S/C10H17NO2/c1-11-6-4-2-3-5-9(8-12)7-10(11)13/h3,5,9,12H,2,4,6-8H2,1H3/b5-3+/t9-/m1/s1. The van der Waals surface area contributed by atoms with Gasteiger partial charge < -0.3 is 10.0 Å². The van der Waals surface area contributed by atoms with Gasteiger partial charge in [0.1, 0.15) is 0 Å². The highest BCUT2D eigenvalue weighted by Crippen LogP contribution is 2.10. The quantitative estimate of drug-likeness (QED) is 0.611. The number of allylic oxidation sites excluding steroid dienone is 1. The smallest absolute Gasteiger partial charge is 0.222 e. The van der Waals surface area contributed by atoms with Crippen LogP contribution >= 0.6 is 0 Å². The maximum atomic E-state index is 11.5. The van der Waals surface area contributed by atoms with E-state index < -0.39 is 0 Å². The largest absolute Gasteiger partial charge is 0.396 e. The fourth-order valence-electron chi connectivity index (χ4n) is 1.43. The third kappa shape index (κ3) is 3.19. The van der Waals surface area contributed by atoms with Crippen LogP contribution in [0.15, 0.2) is 12.2 Å². The van der Waals surface area contributed by atoms with Gasteiger partial charge in [-0.05, 0) is 12.8 Å². The Morgan fingerprint density at radius 3 is 3.15 bits per heavy atom. The molecule has 1 aliphatic rings. The first-order chi connectivity index (χ1) is 6.24. The highest BCUT2D eigenvalue weighted by atomic mass is 16.3. The Morgan fingerprint density at radius 2 is 2.46 bits per heavy atom. The lowest BCUT2D eigenvalue weighted by atomic mass is 10.1. The van der Waals surface area contributed by atoms with E-state index in [0.29, 0.717) is 6.42 Å². The van der Waals surface area contributed by atoms with Crippen molar-refractivity contribution in [3.63, 3.8) is 0 Å². The SMILES string of the molecule is CN1CCC/C=C/[C@@H](CO)CC1=O. The first-order valence-corrected chi connectivity index (χ1v) is 4.75. The van der Waals surface area contributed by atoms with E-state index in [1.165, 1.54) is 0 Å². The van der Waals surface area contributed by atoms with Gasteiger partial charge >= 0.3 is 0 Å². The molecule has 0 radical (unpaired) electrons. The number of hydrogen-bond acceptors (Lipinski definition) is 2. The zero-order valence-corrected chi connectivity index (χ0v) is 8.07. The molecule has 0 aromatic heterocycles. The van der Waals surface area contributed by atoms with Crippen molar-refractivity contribution in [3.8, 4) is 0 Å². The van der Waals surface area contributed by atoms with Gasteiger partial charge in [-0.25, -0.2) is 0 Å². The van der Waals surface area contributed by atoms with E-state index in [2.05, 4.69) is 6.08 Å². The molecule has 1 heterocycles. The molecule has 1 aliphatic heterocycles. The molecule has 0 fully saturated rings. The van der Waals surface area contributed by atoms with E-state index in [4.69, 9.17) is 5.11 Å². The number of hydrogen-bond donors (Lipinski definition) is 1. The summed E-state index contributed by atoms with van der Waals surface area (Å²) in [6.07, 6.45) is 6.46. The molecule has 1 amide bonds. The van der Waals surface area contributed by atoms with Crippen molar-refractivity contribution in [2.45, 2.75) is 19.3 Å². The summed E-state index contributed by atoms with van der Waals surface area (Å²) in [6.45, 7) is 0.886. The van der Waals surface area contributed by atoms with Crippen LogP contribution in [0.25, 0.3) is 0 Å². The summed E-state index contributed by atoms with van der Waals surface area (Å²) in [5.74, 6) is 0.138. The van der Waals surface area contributed by atoms with Crippen molar-refractivity contribution < 1.29 is 9.90 Å². The molecule has 74 valence electrons. The van der Waals surface area contributed by atoms with Crippen LogP contribution in [0.4, 0.5) is 0 Å². The normalized spacial score (nSPS) is 27.7. The van der Waals surface area contributed by atoms with Gasteiger partial charge in [-0.3, -0.25) is 4.79 Å². The molecule has 0 unspecified atom stereocenters. The average Bonchev–Trinajstić information content (AvgIpc) is 2.20. The number of carbonyl (C=O) groups excluding carboxylic acids is 1. The van der Waals surface area contributed by atoms with Gasteiger partial charge in [-0.2, -0.15) is 0 Å². The highest BCUT2D eigenvalue weighted by molar-refractivity contribution is 5.76. The molecule has 0 aromatic carbocycles. The van der Waals surface area contributed by atoms with E-state index in [1.807, 2.05) is 13.1 Å². The van der Waals surface area contributed by atoms with Crippen LogP contribution in [-0.2, 0) is 4.79 Å². The zero-order chi connectivity index (χ0) is 9.68. The predicted octanol–water partition coefficient (Wildman–Crippen LogP) is 0.793. The van der Waals surface area contributed by atoms with Crippen molar-refractivity contribution in [2.75, 3.05) is 20.2 Å². The van der Waals surface area contributed by atoms with E-state index in [-0.39, 0.29) is 18.4 Å². The van der Waals surface area contributed by atoms with Crippen molar-refractivity contribution in [2.24, 2.45) is 5.92 Å². The van der Waals surface area contributed by atoms with Crippen molar-refractivity contribution >= 4 is 5.91 Å². The van der Waals surface area contributed by atoms with Gasteiger partial charge in [0.25, 0.3) is 0 Å². The summed E-state index contributed by atoms with van der Waals surface area (Å²) in [4.78, 5) is 13.2. The molecule has 3 nitrogen and oxygen atoms in total. The van der Waals surface area contributed by atoms with E-state index in [0.717, 1.165) is 19.4 Å². The monoisotopic (exact) mass is 183 g/mol. The molecule has 0 bridgehead atoms. The summed E-state index contributed by atoms with van der Waals surface area (Å²) in [6, 6.07) is 0. The van der Waals surface area contributed by atoms with Crippen molar-refractivity contribution in [3.05, 3.63) is 12.2 Å². The molecule has 0 saturated carbocycles. The van der Waals surface area contributed by atoms with Gasteiger partial charge in [-0.15, -0.1) is 0 Å². The maximum Gasteiger partial charge on any atom is 0.222 e. The zero-order valence-electron chi connectivity index (χ0n) is 8.07. The molecule has 13 heavy (non-hydrogen) atoms. The third-order valence-corrected chi connectivity index (χ3v) is 2.37. The molecule has 3 heteroatoms. The summed E-state index contributed by atoms with van der Waals surface area (Å²) >= 11 is 0. The lowest BCUT2D eigenvalue weighted by molar-refractivity contribution is -0.130. The van der Waals surface area contributed by atoms with Crippen LogP contribution in [0.3, 0.4) is 0 Å². The van der Waals surface area contributed by atoms with Crippen molar-refractivity contribution in [1.29, 1.82) is 0 Å². The minimum absolute atomic E-state index is 0.00745. The first-order valence-electron chi connectivity index (χ1n) is 4.75. The Labute approximate surface area is 79.0 Å². The number of aliphatic hydroxyl groups excluding tert-OH is 1. The molecule has 1 atom stereocenters. The highest BCUT2D eigenvalue weighted by Gasteiger charge is 2.14. The minimum atomic E-state index is 0.00745. The second kappa shape index (κ2) is 5.02. The lowest BCUT2D eigenvalue weighted by Gasteiger charge is -2.17. The molecule has 0 saturated heterocycles. The summed E-state index contributed by atoms with van der Waals surface area (Å²) in [7, 11) is 1.82. The predicted molar refractivity (Wildman–Crippen MR) is 51.2 cm³/mol. The molecular formula is C10H17NO2. The number of rotatable bonds is 1. The van der Waals surface area contributed by atoms with Crippen LogP contribution in [0.1, 0.15) is 19.3 Å². The molecule has 1 rings (SSSR count). The Bertz CT molecular complexity index is 201. The Hall–Kier alpha value is -0.830. The van der Waals surface area contributed by atoms with E-state index in [9.17, 15) is 4.79 Å². The molecular weight excluding hydrogens is 166 g/mol. The Kier molecular flexibility index (Phi) is 3.96. The fraction of sp³-hybridized carbons (Fsp3) is 0.700.